The van der Waals surface area contributed by atoms with E-state index in [2.05, 4.69) is 10.6 Å². The molecule has 2 rings (SSSR count). The van der Waals surface area contributed by atoms with Crippen LogP contribution in [-0.4, -0.2) is 24.8 Å². The van der Waals surface area contributed by atoms with Crippen LogP contribution in [0.15, 0.2) is 48.5 Å². The predicted octanol–water partition coefficient (Wildman–Crippen LogP) is 3.68. The number of thiocarbonyl (C=S) groups is 1. The first-order valence-electron chi connectivity index (χ1n) is 7.13. The van der Waals surface area contributed by atoms with E-state index >= 15 is 0 Å². The standard InChI is InChI=1S/C17H18N2O3S/c1-3-22-15-11-7-6-10-14(15)19-17(23)18-13-9-5-4-8-12(13)16(20)21-2/h4-11H,3H2,1-2H3,(H2,18,19,23). The smallest absolute Gasteiger partial charge is 0.339 e. The van der Waals surface area contributed by atoms with Crippen molar-refractivity contribution < 1.29 is 14.3 Å². The Morgan fingerprint density at radius 3 is 2.35 bits per heavy atom. The molecule has 6 heteroatoms. The Bertz CT molecular complexity index is 704. The first kappa shape index (κ1) is 16.8. The summed E-state index contributed by atoms with van der Waals surface area (Å²) in [5.41, 5.74) is 1.74. The molecule has 0 aromatic heterocycles. The van der Waals surface area contributed by atoms with E-state index in [0.29, 0.717) is 28.7 Å². The molecule has 0 unspecified atom stereocenters. The van der Waals surface area contributed by atoms with Crippen LogP contribution in [0.3, 0.4) is 0 Å². The van der Waals surface area contributed by atoms with E-state index in [1.165, 1.54) is 7.11 Å². The van der Waals surface area contributed by atoms with Crippen molar-refractivity contribution in [1.29, 1.82) is 0 Å². The molecule has 0 saturated carbocycles. The Kier molecular flexibility index (Phi) is 5.94. The monoisotopic (exact) mass is 330 g/mol. The normalized spacial score (nSPS) is 9.83. The maximum Gasteiger partial charge on any atom is 0.339 e. The molecule has 23 heavy (non-hydrogen) atoms. The molecular weight excluding hydrogens is 312 g/mol. The van der Waals surface area contributed by atoms with E-state index in [0.717, 1.165) is 5.69 Å². The number of anilines is 2. The van der Waals surface area contributed by atoms with Gasteiger partial charge in [0.15, 0.2) is 5.11 Å². The molecule has 0 saturated heterocycles. The molecule has 0 aliphatic rings. The van der Waals surface area contributed by atoms with E-state index in [-0.39, 0.29) is 0 Å². The van der Waals surface area contributed by atoms with Crippen LogP contribution in [0.4, 0.5) is 11.4 Å². The largest absolute Gasteiger partial charge is 0.492 e. The Hall–Kier alpha value is -2.60. The highest BCUT2D eigenvalue weighted by molar-refractivity contribution is 7.80. The highest BCUT2D eigenvalue weighted by Crippen LogP contribution is 2.24. The second-order valence-electron chi connectivity index (χ2n) is 4.55. The minimum Gasteiger partial charge on any atom is -0.492 e. The van der Waals surface area contributed by atoms with Crippen molar-refractivity contribution in [3.8, 4) is 5.75 Å². The van der Waals surface area contributed by atoms with E-state index in [9.17, 15) is 4.79 Å². The first-order chi connectivity index (χ1) is 11.2. The summed E-state index contributed by atoms with van der Waals surface area (Å²) in [6.07, 6.45) is 0. The van der Waals surface area contributed by atoms with Crippen LogP contribution in [-0.2, 0) is 4.74 Å². The molecule has 0 bridgehead atoms. The van der Waals surface area contributed by atoms with Crippen molar-refractivity contribution >= 4 is 34.7 Å². The zero-order chi connectivity index (χ0) is 16.7. The Labute approximate surface area is 140 Å². The molecule has 0 fully saturated rings. The summed E-state index contributed by atoms with van der Waals surface area (Å²) in [7, 11) is 1.34. The SMILES string of the molecule is CCOc1ccccc1NC(=S)Nc1ccccc1C(=O)OC. The number of ether oxygens (including phenoxy) is 2. The van der Waals surface area contributed by atoms with Gasteiger partial charge in [0, 0.05) is 0 Å². The molecule has 0 radical (unpaired) electrons. The van der Waals surface area contributed by atoms with Gasteiger partial charge in [0.25, 0.3) is 0 Å². The lowest BCUT2D eigenvalue weighted by atomic mass is 10.2. The zero-order valence-corrected chi connectivity index (χ0v) is 13.8. The highest BCUT2D eigenvalue weighted by atomic mass is 32.1. The van der Waals surface area contributed by atoms with Crippen LogP contribution in [0.1, 0.15) is 17.3 Å². The third kappa shape index (κ3) is 4.43. The first-order valence-corrected chi connectivity index (χ1v) is 7.53. The minimum absolute atomic E-state index is 0.355. The maximum atomic E-state index is 11.8. The van der Waals surface area contributed by atoms with Gasteiger partial charge in [-0.05, 0) is 43.4 Å². The van der Waals surface area contributed by atoms with E-state index in [4.69, 9.17) is 21.7 Å². The van der Waals surface area contributed by atoms with Crippen molar-refractivity contribution in [3.63, 3.8) is 0 Å². The number of rotatable bonds is 5. The number of esters is 1. The molecule has 0 atom stereocenters. The molecular formula is C17H18N2O3S. The molecule has 2 aromatic rings. The van der Waals surface area contributed by atoms with Crippen molar-refractivity contribution in [3.05, 3.63) is 54.1 Å². The average molecular weight is 330 g/mol. The Morgan fingerprint density at radius 2 is 1.65 bits per heavy atom. The molecule has 0 heterocycles. The molecule has 2 aromatic carbocycles. The number of para-hydroxylation sites is 3. The van der Waals surface area contributed by atoms with Gasteiger partial charge in [0.2, 0.25) is 0 Å². The number of carbonyl (C=O) groups is 1. The number of methoxy groups -OCH3 is 1. The number of nitrogens with one attached hydrogen (secondary N) is 2. The summed E-state index contributed by atoms with van der Waals surface area (Å²) < 4.78 is 10.3. The number of hydrogen-bond donors (Lipinski definition) is 2. The quantitative estimate of drug-likeness (QED) is 0.644. The van der Waals surface area contributed by atoms with E-state index < -0.39 is 5.97 Å². The lowest BCUT2D eigenvalue weighted by molar-refractivity contribution is 0.0602. The van der Waals surface area contributed by atoms with Gasteiger partial charge in [0.1, 0.15) is 5.75 Å². The fourth-order valence-corrected chi connectivity index (χ4v) is 2.23. The lowest BCUT2D eigenvalue weighted by Gasteiger charge is -2.15. The zero-order valence-electron chi connectivity index (χ0n) is 13.0. The second kappa shape index (κ2) is 8.14. The fourth-order valence-electron chi connectivity index (χ4n) is 2.01. The van der Waals surface area contributed by atoms with Gasteiger partial charge in [-0.3, -0.25) is 0 Å². The summed E-state index contributed by atoms with van der Waals surface area (Å²) in [5, 5.41) is 6.43. The number of hydrogen-bond acceptors (Lipinski definition) is 4. The van der Waals surface area contributed by atoms with Crippen LogP contribution in [0.25, 0.3) is 0 Å². The minimum atomic E-state index is -0.425. The van der Waals surface area contributed by atoms with Gasteiger partial charge in [-0.25, -0.2) is 4.79 Å². The summed E-state index contributed by atoms with van der Waals surface area (Å²) in [6, 6.07) is 14.5. The summed E-state index contributed by atoms with van der Waals surface area (Å²) in [5.74, 6) is 0.283. The van der Waals surface area contributed by atoms with Gasteiger partial charge in [0.05, 0.1) is 30.7 Å². The summed E-state index contributed by atoms with van der Waals surface area (Å²) >= 11 is 5.31. The van der Waals surface area contributed by atoms with Gasteiger partial charge in [-0.15, -0.1) is 0 Å². The highest BCUT2D eigenvalue weighted by Gasteiger charge is 2.12. The fraction of sp³-hybridized carbons (Fsp3) is 0.176. The maximum absolute atomic E-state index is 11.8. The molecule has 5 nitrogen and oxygen atoms in total. The Balaban J connectivity index is 2.13. The van der Waals surface area contributed by atoms with Crippen LogP contribution in [0, 0.1) is 0 Å². The summed E-state index contributed by atoms with van der Waals surface area (Å²) in [6.45, 7) is 2.48. The predicted molar refractivity (Wildman–Crippen MR) is 95.2 cm³/mol. The van der Waals surface area contributed by atoms with Crippen LogP contribution < -0.4 is 15.4 Å². The van der Waals surface area contributed by atoms with Gasteiger partial charge >= 0.3 is 5.97 Å². The third-order valence-corrected chi connectivity index (χ3v) is 3.22. The topological polar surface area (TPSA) is 59.6 Å². The third-order valence-electron chi connectivity index (χ3n) is 3.02. The van der Waals surface area contributed by atoms with Crippen LogP contribution >= 0.6 is 12.2 Å². The molecule has 0 amide bonds. The molecule has 0 spiro atoms. The Morgan fingerprint density at radius 1 is 1.04 bits per heavy atom. The second-order valence-corrected chi connectivity index (χ2v) is 4.95. The number of benzene rings is 2. The van der Waals surface area contributed by atoms with Gasteiger partial charge < -0.3 is 20.1 Å². The molecule has 0 aliphatic heterocycles. The average Bonchev–Trinajstić information content (AvgIpc) is 2.56. The van der Waals surface area contributed by atoms with E-state index in [1.54, 1.807) is 18.2 Å². The van der Waals surface area contributed by atoms with Crippen molar-refractivity contribution in [2.45, 2.75) is 6.92 Å². The van der Waals surface area contributed by atoms with Crippen LogP contribution in [0.5, 0.6) is 5.75 Å². The van der Waals surface area contributed by atoms with Gasteiger partial charge in [-0.2, -0.15) is 0 Å². The lowest BCUT2D eigenvalue weighted by Crippen LogP contribution is -2.21. The van der Waals surface area contributed by atoms with Gasteiger partial charge in [-0.1, -0.05) is 24.3 Å². The van der Waals surface area contributed by atoms with Crippen molar-refractivity contribution in [2.75, 3.05) is 24.4 Å². The van der Waals surface area contributed by atoms with Crippen molar-refractivity contribution in [2.24, 2.45) is 0 Å². The summed E-state index contributed by atoms with van der Waals surface area (Å²) in [4.78, 5) is 11.8. The van der Waals surface area contributed by atoms with Crippen molar-refractivity contribution in [1.82, 2.24) is 0 Å². The van der Waals surface area contributed by atoms with E-state index in [1.807, 2.05) is 37.3 Å². The molecule has 0 aliphatic carbocycles. The van der Waals surface area contributed by atoms with Crippen LogP contribution in [0.2, 0.25) is 0 Å². The molecule has 120 valence electrons. The molecule has 2 N–H and O–H groups in total. The number of carbonyl (C=O) groups excluding carboxylic acids is 1.